The Morgan fingerprint density at radius 3 is 2.41 bits per heavy atom. The molecule has 0 spiro atoms. The summed E-state index contributed by atoms with van der Waals surface area (Å²) in [6, 6.07) is 14.0. The smallest absolute Gasteiger partial charge is 0.266 e. The summed E-state index contributed by atoms with van der Waals surface area (Å²) >= 11 is 0.996. The second-order valence-corrected chi connectivity index (χ2v) is 7.01. The zero-order valence-corrected chi connectivity index (χ0v) is 16.4. The highest BCUT2D eigenvalue weighted by Gasteiger charge is 2.22. The van der Waals surface area contributed by atoms with Crippen LogP contribution in [0, 0.1) is 24.1 Å². The molecule has 3 rings (SSSR count). The highest BCUT2D eigenvalue weighted by molar-refractivity contribution is 7.18. The summed E-state index contributed by atoms with van der Waals surface area (Å²) in [5, 5.41) is 15.1. The Bertz CT molecular complexity index is 1120. The minimum absolute atomic E-state index is 0.204. The third-order valence-electron chi connectivity index (χ3n) is 4.15. The molecule has 29 heavy (non-hydrogen) atoms. The Morgan fingerprint density at radius 1 is 1.07 bits per heavy atom. The van der Waals surface area contributed by atoms with E-state index in [2.05, 4.69) is 10.6 Å². The maximum absolute atomic E-state index is 13.0. The van der Waals surface area contributed by atoms with Crippen molar-refractivity contribution in [1.29, 1.82) is 5.26 Å². The fraction of sp³-hybridized carbons (Fsp3) is 0.0952. The van der Waals surface area contributed by atoms with Crippen molar-refractivity contribution in [2.75, 3.05) is 17.7 Å². The van der Waals surface area contributed by atoms with Crippen molar-refractivity contribution >= 4 is 33.8 Å². The van der Waals surface area contributed by atoms with Crippen LogP contribution >= 0.6 is 11.3 Å². The Balaban J connectivity index is 1.87. The van der Waals surface area contributed by atoms with Crippen molar-refractivity contribution in [3.8, 4) is 11.8 Å². The largest absolute Gasteiger partial charge is 0.495 e. The van der Waals surface area contributed by atoms with Crippen LogP contribution in [0.4, 0.5) is 15.1 Å². The van der Waals surface area contributed by atoms with Crippen molar-refractivity contribution < 1.29 is 18.7 Å². The fourth-order valence-corrected chi connectivity index (χ4v) is 3.70. The fourth-order valence-electron chi connectivity index (χ4n) is 2.66. The van der Waals surface area contributed by atoms with E-state index in [0.717, 1.165) is 11.3 Å². The number of halogens is 1. The quantitative estimate of drug-likeness (QED) is 0.645. The summed E-state index contributed by atoms with van der Waals surface area (Å²) in [5.74, 6) is -0.878. The average Bonchev–Trinajstić information content (AvgIpc) is 3.03. The molecule has 6 nitrogen and oxygen atoms in total. The lowest BCUT2D eigenvalue weighted by Gasteiger charge is -2.09. The molecule has 0 atom stereocenters. The van der Waals surface area contributed by atoms with Gasteiger partial charge in [0.1, 0.15) is 22.6 Å². The van der Waals surface area contributed by atoms with Gasteiger partial charge in [0, 0.05) is 5.56 Å². The number of nitriles is 1. The first-order valence-corrected chi connectivity index (χ1v) is 9.31. The van der Waals surface area contributed by atoms with Crippen molar-refractivity contribution in [2.24, 2.45) is 0 Å². The topological polar surface area (TPSA) is 91.2 Å². The van der Waals surface area contributed by atoms with Gasteiger partial charge in [0.15, 0.2) is 0 Å². The molecule has 0 radical (unpaired) electrons. The Kier molecular flexibility index (Phi) is 5.90. The van der Waals surface area contributed by atoms with Gasteiger partial charge in [-0.2, -0.15) is 5.26 Å². The SMILES string of the molecule is COc1ccccc1NC(=O)c1sc(NC(=O)c2ccc(F)cc2)c(C#N)c1C. The van der Waals surface area contributed by atoms with E-state index in [1.54, 1.807) is 31.2 Å². The van der Waals surface area contributed by atoms with Crippen molar-refractivity contribution in [2.45, 2.75) is 6.92 Å². The third kappa shape index (κ3) is 4.25. The molecule has 0 bridgehead atoms. The molecule has 0 saturated carbocycles. The molecule has 1 heterocycles. The van der Waals surface area contributed by atoms with Crippen LogP contribution in [0.3, 0.4) is 0 Å². The van der Waals surface area contributed by atoms with Crippen molar-refractivity contribution in [3.63, 3.8) is 0 Å². The van der Waals surface area contributed by atoms with Gasteiger partial charge in [-0.1, -0.05) is 12.1 Å². The van der Waals surface area contributed by atoms with Gasteiger partial charge in [-0.05, 0) is 48.9 Å². The number of benzene rings is 2. The van der Waals surface area contributed by atoms with Crippen LogP contribution < -0.4 is 15.4 Å². The number of carbonyl (C=O) groups is 2. The third-order valence-corrected chi connectivity index (χ3v) is 5.36. The highest BCUT2D eigenvalue weighted by atomic mass is 32.1. The van der Waals surface area contributed by atoms with Crippen LogP contribution in [0.5, 0.6) is 5.75 Å². The van der Waals surface area contributed by atoms with E-state index in [9.17, 15) is 19.2 Å². The second-order valence-electron chi connectivity index (χ2n) is 5.99. The standard InChI is InChI=1S/C21H16FN3O3S/c1-12-15(11-23)21(25-19(26)13-7-9-14(22)10-8-13)29-18(12)20(27)24-16-5-3-4-6-17(16)28-2/h3-10H,1-2H3,(H,24,27)(H,25,26). The van der Waals surface area contributed by atoms with Gasteiger partial charge in [-0.15, -0.1) is 11.3 Å². The molecule has 2 N–H and O–H groups in total. The first kappa shape index (κ1) is 20.0. The molecule has 0 saturated heterocycles. The zero-order valence-electron chi connectivity index (χ0n) is 15.6. The van der Waals surface area contributed by atoms with E-state index in [1.165, 1.54) is 31.4 Å². The van der Waals surface area contributed by atoms with Crippen molar-refractivity contribution in [3.05, 3.63) is 75.9 Å². The van der Waals surface area contributed by atoms with Crippen LogP contribution in [0.25, 0.3) is 0 Å². The molecule has 0 aliphatic rings. The molecule has 8 heteroatoms. The van der Waals surface area contributed by atoms with Crippen LogP contribution in [0.2, 0.25) is 0 Å². The lowest BCUT2D eigenvalue weighted by molar-refractivity contribution is 0.102. The summed E-state index contributed by atoms with van der Waals surface area (Å²) in [6.45, 7) is 1.64. The lowest BCUT2D eigenvalue weighted by Crippen LogP contribution is -2.12. The number of anilines is 2. The summed E-state index contributed by atoms with van der Waals surface area (Å²) in [4.78, 5) is 25.5. The minimum atomic E-state index is -0.501. The number of rotatable bonds is 5. The van der Waals surface area contributed by atoms with Gasteiger partial charge in [-0.25, -0.2) is 4.39 Å². The van der Waals surface area contributed by atoms with Crippen LogP contribution in [-0.4, -0.2) is 18.9 Å². The van der Waals surface area contributed by atoms with Crippen LogP contribution in [0.1, 0.15) is 31.2 Å². The van der Waals surface area contributed by atoms with E-state index < -0.39 is 17.6 Å². The highest BCUT2D eigenvalue weighted by Crippen LogP contribution is 2.34. The maximum Gasteiger partial charge on any atom is 0.266 e. The number of thiophene rings is 1. The Labute approximate surface area is 170 Å². The first-order valence-electron chi connectivity index (χ1n) is 8.49. The van der Waals surface area contributed by atoms with E-state index in [-0.39, 0.29) is 16.1 Å². The number of hydrogen-bond acceptors (Lipinski definition) is 5. The summed E-state index contributed by atoms with van der Waals surface area (Å²) in [7, 11) is 1.50. The molecule has 0 fully saturated rings. The number of nitrogens with one attached hydrogen (secondary N) is 2. The van der Waals surface area contributed by atoms with E-state index in [4.69, 9.17) is 4.74 Å². The van der Waals surface area contributed by atoms with Gasteiger partial charge >= 0.3 is 0 Å². The number of hydrogen-bond donors (Lipinski definition) is 2. The summed E-state index contributed by atoms with van der Waals surface area (Å²) in [6.07, 6.45) is 0. The maximum atomic E-state index is 13.0. The molecular formula is C21H16FN3O3S. The lowest BCUT2D eigenvalue weighted by atomic mass is 10.1. The monoisotopic (exact) mass is 409 g/mol. The van der Waals surface area contributed by atoms with Gasteiger partial charge in [-0.3, -0.25) is 9.59 Å². The molecule has 146 valence electrons. The predicted octanol–water partition coefficient (Wildman–Crippen LogP) is 4.58. The number of carbonyl (C=O) groups excluding carboxylic acids is 2. The number of methoxy groups -OCH3 is 1. The van der Waals surface area contributed by atoms with E-state index in [0.29, 0.717) is 21.9 Å². The Morgan fingerprint density at radius 2 is 1.76 bits per heavy atom. The first-order chi connectivity index (χ1) is 13.9. The molecule has 2 aromatic carbocycles. The zero-order chi connectivity index (χ0) is 21.0. The number of ether oxygens (including phenoxy) is 1. The molecular weight excluding hydrogens is 393 g/mol. The Hall–Kier alpha value is -3.70. The second kappa shape index (κ2) is 8.54. The van der Waals surface area contributed by atoms with Crippen LogP contribution in [-0.2, 0) is 0 Å². The molecule has 3 aromatic rings. The number of amides is 2. The van der Waals surface area contributed by atoms with Gasteiger partial charge in [0.05, 0.1) is 23.2 Å². The summed E-state index contributed by atoms with van der Waals surface area (Å²) in [5.41, 5.74) is 1.39. The number of para-hydroxylation sites is 2. The van der Waals surface area contributed by atoms with Gasteiger partial charge in [0.25, 0.3) is 11.8 Å². The molecule has 0 aliphatic carbocycles. The van der Waals surface area contributed by atoms with E-state index in [1.807, 2.05) is 6.07 Å². The number of nitrogens with zero attached hydrogens (tertiary/aromatic N) is 1. The van der Waals surface area contributed by atoms with E-state index >= 15 is 0 Å². The molecule has 0 unspecified atom stereocenters. The normalized spacial score (nSPS) is 10.1. The van der Waals surface area contributed by atoms with Crippen molar-refractivity contribution in [1.82, 2.24) is 0 Å². The average molecular weight is 409 g/mol. The molecule has 2 amide bonds. The van der Waals surface area contributed by atoms with Gasteiger partial charge in [0.2, 0.25) is 0 Å². The van der Waals surface area contributed by atoms with Gasteiger partial charge < -0.3 is 15.4 Å². The minimum Gasteiger partial charge on any atom is -0.495 e. The molecule has 1 aromatic heterocycles. The van der Waals surface area contributed by atoms with Crippen LogP contribution in [0.15, 0.2) is 48.5 Å². The molecule has 0 aliphatic heterocycles. The summed E-state index contributed by atoms with van der Waals surface area (Å²) < 4.78 is 18.3. The predicted molar refractivity (Wildman–Crippen MR) is 109 cm³/mol.